The Morgan fingerprint density at radius 1 is 1.11 bits per heavy atom. The van der Waals surface area contributed by atoms with Crippen LogP contribution in [0.4, 0.5) is 0 Å². The van der Waals surface area contributed by atoms with Gasteiger partial charge in [-0.15, -0.1) is 0 Å². The van der Waals surface area contributed by atoms with Crippen LogP contribution in [0.5, 0.6) is 11.5 Å². The standard InChI is InChI=1S/C15H10ClNO2/c16-14-6-1-10(8-15(14)19)7-12(9-17)11-2-4-13(18)5-3-11/h1-8,18-19H. The lowest BCUT2D eigenvalue weighted by Crippen LogP contribution is -1.82. The average molecular weight is 272 g/mol. The molecule has 0 radical (unpaired) electrons. The highest BCUT2D eigenvalue weighted by molar-refractivity contribution is 6.32. The van der Waals surface area contributed by atoms with Crippen LogP contribution in [-0.4, -0.2) is 10.2 Å². The van der Waals surface area contributed by atoms with E-state index in [0.29, 0.717) is 16.7 Å². The summed E-state index contributed by atoms with van der Waals surface area (Å²) in [4.78, 5) is 0. The maximum absolute atomic E-state index is 9.52. The molecule has 0 atom stereocenters. The Balaban J connectivity index is 2.41. The number of benzene rings is 2. The molecule has 0 saturated heterocycles. The number of hydrogen-bond acceptors (Lipinski definition) is 3. The molecule has 3 nitrogen and oxygen atoms in total. The van der Waals surface area contributed by atoms with Crippen molar-refractivity contribution in [1.29, 1.82) is 5.26 Å². The van der Waals surface area contributed by atoms with Crippen LogP contribution in [0.2, 0.25) is 5.02 Å². The third kappa shape index (κ3) is 3.06. The number of phenols is 2. The van der Waals surface area contributed by atoms with E-state index in [1.54, 1.807) is 30.3 Å². The number of nitriles is 1. The summed E-state index contributed by atoms with van der Waals surface area (Å²) in [5.74, 6) is 0.114. The Labute approximate surface area is 115 Å². The van der Waals surface area contributed by atoms with Gasteiger partial charge in [-0.05, 0) is 53.6 Å². The fourth-order valence-electron chi connectivity index (χ4n) is 1.61. The Hall–Kier alpha value is -2.44. The quantitative estimate of drug-likeness (QED) is 0.645. The van der Waals surface area contributed by atoms with E-state index in [1.165, 1.54) is 18.2 Å². The first-order valence-electron chi connectivity index (χ1n) is 5.50. The van der Waals surface area contributed by atoms with Gasteiger partial charge in [0.25, 0.3) is 0 Å². The molecule has 0 amide bonds. The lowest BCUT2D eigenvalue weighted by atomic mass is 10.0. The molecule has 0 spiro atoms. The molecule has 4 heteroatoms. The molecule has 0 unspecified atom stereocenters. The summed E-state index contributed by atoms with van der Waals surface area (Å²) < 4.78 is 0. The summed E-state index contributed by atoms with van der Waals surface area (Å²) in [5.41, 5.74) is 1.79. The summed E-state index contributed by atoms with van der Waals surface area (Å²) in [6, 6.07) is 13.2. The molecule has 2 rings (SSSR count). The predicted molar refractivity (Wildman–Crippen MR) is 74.7 cm³/mol. The average Bonchev–Trinajstić information content (AvgIpc) is 2.41. The fraction of sp³-hybridized carbons (Fsp3) is 0. The topological polar surface area (TPSA) is 64.2 Å². The molecule has 2 aromatic rings. The zero-order chi connectivity index (χ0) is 13.8. The van der Waals surface area contributed by atoms with Gasteiger partial charge in [-0.25, -0.2) is 0 Å². The van der Waals surface area contributed by atoms with E-state index in [-0.39, 0.29) is 16.5 Å². The monoisotopic (exact) mass is 271 g/mol. The second-order valence-corrected chi connectivity index (χ2v) is 4.33. The summed E-state index contributed by atoms with van der Waals surface area (Å²) >= 11 is 5.72. The normalized spacial score (nSPS) is 11.1. The van der Waals surface area contributed by atoms with Crippen LogP contribution in [0.3, 0.4) is 0 Å². The van der Waals surface area contributed by atoms with Crippen LogP contribution in [0.15, 0.2) is 42.5 Å². The first kappa shape index (κ1) is 13.0. The molecule has 0 heterocycles. The van der Waals surface area contributed by atoms with E-state index in [2.05, 4.69) is 6.07 Å². The zero-order valence-electron chi connectivity index (χ0n) is 9.84. The molecular formula is C15H10ClNO2. The minimum atomic E-state index is -0.0292. The van der Waals surface area contributed by atoms with Crippen LogP contribution in [0.25, 0.3) is 11.6 Å². The Kier molecular flexibility index (Phi) is 3.74. The van der Waals surface area contributed by atoms with E-state index in [1.807, 2.05) is 0 Å². The highest BCUT2D eigenvalue weighted by Gasteiger charge is 2.03. The molecule has 0 saturated carbocycles. The number of aromatic hydroxyl groups is 2. The van der Waals surface area contributed by atoms with Gasteiger partial charge < -0.3 is 10.2 Å². The molecule has 0 aromatic heterocycles. The third-order valence-electron chi connectivity index (χ3n) is 2.58. The van der Waals surface area contributed by atoms with Gasteiger partial charge in [0.15, 0.2) is 0 Å². The molecule has 2 aromatic carbocycles. The first-order valence-corrected chi connectivity index (χ1v) is 5.87. The minimum absolute atomic E-state index is 0.0292. The summed E-state index contributed by atoms with van der Waals surface area (Å²) in [6.45, 7) is 0. The van der Waals surface area contributed by atoms with Crippen molar-refractivity contribution < 1.29 is 10.2 Å². The van der Waals surface area contributed by atoms with Crippen molar-refractivity contribution in [3.05, 3.63) is 58.6 Å². The molecule has 0 aliphatic heterocycles. The summed E-state index contributed by atoms with van der Waals surface area (Å²) in [7, 11) is 0. The molecule has 0 bridgehead atoms. The van der Waals surface area contributed by atoms with Gasteiger partial charge in [0.05, 0.1) is 16.7 Å². The number of rotatable bonds is 2. The summed E-state index contributed by atoms with van der Waals surface area (Å²) in [6.07, 6.45) is 1.64. The van der Waals surface area contributed by atoms with E-state index in [0.717, 1.165) is 0 Å². The zero-order valence-corrected chi connectivity index (χ0v) is 10.6. The Morgan fingerprint density at radius 2 is 1.79 bits per heavy atom. The van der Waals surface area contributed by atoms with Crippen molar-refractivity contribution in [1.82, 2.24) is 0 Å². The van der Waals surface area contributed by atoms with Gasteiger partial charge in [-0.2, -0.15) is 5.26 Å². The smallest absolute Gasteiger partial charge is 0.134 e. The van der Waals surface area contributed by atoms with Crippen molar-refractivity contribution >= 4 is 23.3 Å². The number of hydrogen-bond donors (Lipinski definition) is 2. The van der Waals surface area contributed by atoms with Gasteiger partial charge in [0.1, 0.15) is 11.5 Å². The predicted octanol–water partition coefficient (Wildman–Crippen LogP) is 3.82. The molecular weight excluding hydrogens is 262 g/mol. The molecule has 2 N–H and O–H groups in total. The van der Waals surface area contributed by atoms with E-state index in [4.69, 9.17) is 16.9 Å². The van der Waals surface area contributed by atoms with Crippen molar-refractivity contribution in [2.45, 2.75) is 0 Å². The number of allylic oxidation sites excluding steroid dienone is 1. The van der Waals surface area contributed by atoms with Crippen LogP contribution in [-0.2, 0) is 0 Å². The van der Waals surface area contributed by atoms with Crippen molar-refractivity contribution in [3.8, 4) is 17.6 Å². The lowest BCUT2D eigenvalue weighted by Gasteiger charge is -2.02. The SMILES string of the molecule is N#CC(=Cc1ccc(Cl)c(O)c1)c1ccc(O)cc1. The Morgan fingerprint density at radius 3 is 2.37 bits per heavy atom. The van der Waals surface area contributed by atoms with Crippen LogP contribution < -0.4 is 0 Å². The number of phenolic OH excluding ortho intramolecular Hbond substituents is 2. The van der Waals surface area contributed by atoms with Gasteiger partial charge in [-0.3, -0.25) is 0 Å². The van der Waals surface area contributed by atoms with Gasteiger partial charge in [0, 0.05) is 0 Å². The van der Waals surface area contributed by atoms with Crippen LogP contribution >= 0.6 is 11.6 Å². The Bertz CT molecular complexity index is 670. The molecule has 0 aliphatic carbocycles. The summed E-state index contributed by atoms with van der Waals surface area (Å²) in [5, 5.41) is 28.2. The van der Waals surface area contributed by atoms with E-state index in [9.17, 15) is 10.2 Å². The van der Waals surface area contributed by atoms with E-state index >= 15 is 0 Å². The van der Waals surface area contributed by atoms with Crippen LogP contribution in [0.1, 0.15) is 11.1 Å². The fourth-order valence-corrected chi connectivity index (χ4v) is 1.72. The maximum Gasteiger partial charge on any atom is 0.134 e. The third-order valence-corrected chi connectivity index (χ3v) is 2.90. The highest BCUT2D eigenvalue weighted by atomic mass is 35.5. The van der Waals surface area contributed by atoms with Crippen molar-refractivity contribution in [3.63, 3.8) is 0 Å². The second kappa shape index (κ2) is 5.47. The van der Waals surface area contributed by atoms with Gasteiger partial charge in [-0.1, -0.05) is 17.7 Å². The highest BCUT2D eigenvalue weighted by Crippen LogP contribution is 2.26. The number of halogens is 1. The first-order chi connectivity index (χ1) is 9.10. The molecule has 19 heavy (non-hydrogen) atoms. The lowest BCUT2D eigenvalue weighted by molar-refractivity contribution is 0.475. The minimum Gasteiger partial charge on any atom is -0.508 e. The maximum atomic E-state index is 9.52. The van der Waals surface area contributed by atoms with Gasteiger partial charge in [0.2, 0.25) is 0 Å². The molecule has 0 aliphatic rings. The number of nitrogens with zero attached hydrogens (tertiary/aromatic N) is 1. The largest absolute Gasteiger partial charge is 0.508 e. The second-order valence-electron chi connectivity index (χ2n) is 3.93. The van der Waals surface area contributed by atoms with Crippen LogP contribution in [0, 0.1) is 11.3 Å². The van der Waals surface area contributed by atoms with E-state index < -0.39 is 0 Å². The van der Waals surface area contributed by atoms with Crippen molar-refractivity contribution in [2.24, 2.45) is 0 Å². The van der Waals surface area contributed by atoms with Crippen molar-refractivity contribution in [2.75, 3.05) is 0 Å². The molecule has 0 fully saturated rings. The van der Waals surface area contributed by atoms with Gasteiger partial charge >= 0.3 is 0 Å². The molecule has 94 valence electrons.